The molecule has 2 aromatic rings. The van der Waals surface area contributed by atoms with Gasteiger partial charge in [0.05, 0.1) is 33.0 Å². The summed E-state index contributed by atoms with van der Waals surface area (Å²) in [6.07, 6.45) is 1.55. The second-order valence-electron chi connectivity index (χ2n) is 7.03. The first-order chi connectivity index (χ1) is 15.1. The molecule has 0 aromatic heterocycles. The summed E-state index contributed by atoms with van der Waals surface area (Å²) in [5.74, 6) is -0.642. The lowest BCUT2D eigenvalue weighted by Gasteiger charge is -2.27. The number of phenols is 1. The van der Waals surface area contributed by atoms with Crippen LogP contribution in [0.5, 0.6) is 5.75 Å². The van der Waals surface area contributed by atoms with Crippen LogP contribution in [0.25, 0.3) is 0 Å². The number of nitrogens with two attached hydrogens (primary N) is 1. The zero-order valence-electron chi connectivity index (χ0n) is 16.9. The van der Waals surface area contributed by atoms with Crippen molar-refractivity contribution in [2.45, 2.75) is 23.8 Å². The zero-order chi connectivity index (χ0) is 23.6. The molecule has 3 rings (SSSR count). The highest BCUT2D eigenvalue weighted by Gasteiger charge is 2.33. The third kappa shape index (κ3) is 5.07. The zero-order valence-corrected chi connectivity index (χ0v) is 20.8. The Balaban J connectivity index is 2.08. The lowest BCUT2D eigenvalue weighted by Crippen LogP contribution is -2.46. The van der Waals surface area contributed by atoms with E-state index in [9.17, 15) is 13.5 Å². The van der Waals surface area contributed by atoms with E-state index in [4.69, 9.17) is 57.5 Å². The molecular weight excluding hydrogens is 519 g/mol. The summed E-state index contributed by atoms with van der Waals surface area (Å²) in [7, 11) is -2.73. The second-order valence-corrected chi connectivity index (χ2v) is 10.2. The lowest BCUT2D eigenvalue weighted by molar-refractivity contribution is 0.104. The molecule has 13 heteroatoms. The third-order valence-corrected chi connectivity index (χ3v) is 7.78. The van der Waals surface area contributed by atoms with Gasteiger partial charge < -0.3 is 15.6 Å². The monoisotopic (exact) mass is 538 g/mol. The maximum atomic E-state index is 13.2. The molecular formula is C19H21Cl3N4O4S2. The number of hydrazine groups is 1. The topological polar surface area (TPSA) is 108 Å². The van der Waals surface area contributed by atoms with Gasteiger partial charge in [-0.2, -0.15) is 0 Å². The molecule has 1 unspecified atom stereocenters. The number of benzene rings is 2. The maximum Gasteiger partial charge on any atom is 0.258 e. The van der Waals surface area contributed by atoms with Crippen LogP contribution in [0.4, 0.5) is 11.4 Å². The van der Waals surface area contributed by atoms with Crippen molar-refractivity contribution >= 4 is 73.5 Å². The number of thiocarbonyl (C=S) groups is 1. The number of halogens is 3. The first-order valence-electron chi connectivity index (χ1n) is 9.41. The highest BCUT2D eigenvalue weighted by molar-refractivity contribution is 7.89. The van der Waals surface area contributed by atoms with Crippen molar-refractivity contribution in [2.75, 3.05) is 25.2 Å². The van der Waals surface area contributed by atoms with Crippen LogP contribution in [0.1, 0.15) is 12.8 Å². The molecule has 174 valence electrons. The van der Waals surface area contributed by atoms with Crippen molar-refractivity contribution < 1.29 is 18.3 Å². The molecule has 2 aromatic carbocycles. The van der Waals surface area contributed by atoms with Crippen LogP contribution in [-0.2, 0) is 14.8 Å². The Morgan fingerprint density at radius 2 is 2.00 bits per heavy atom. The van der Waals surface area contributed by atoms with Crippen molar-refractivity contribution in [3.8, 4) is 5.75 Å². The predicted octanol–water partition coefficient (Wildman–Crippen LogP) is 4.04. The molecule has 1 aliphatic heterocycles. The van der Waals surface area contributed by atoms with Gasteiger partial charge in [0, 0.05) is 19.7 Å². The Hall–Kier alpha value is -1.37. The standard InChI is InChI=1S/C19H21Cl3N4O4S2/c1-30-10-11-4-3-9-25(11)24-32(28,29)18-13(21)7-8-15(17(18)27)26(19(23)31)14-6-2-5-12(20)16(14)22/h2,5-8,11,24,27H,3-4,9-10H2,1H3,(H2,23,31). The van der Waals surface area contributed by atoms with Gasteiger partial charge in [-0.1, -0.05) is 40.9 Å². The van der Waals surface area contributed by atoms with Crippen LogP contribution >= 0.6 is 47.0 Å². The minimum Gasteiger partial charge on any atom is -0.504 e. The second kappa shape index (κ2) is 10.3. The molecule has 0 saturated carbocycles. The lowest BCUT2D eigenvalue weighted by atomic mass is 10.2. The van der Waals surface area contributed by atoms with E-state index < -0.39 is 20.7 Å². The van der Waals surface area contributed by atoms with Gasteiger partial charge in [0.2, 0.25) is 0 Å². The SMILES string of the molecule is COCC1CCCN1NS(=O)(=O)c1c(Cl)ccc(N(C(N)=S)c2cccc(Cl)c2Cl)c1O. The number of methoxy groups -OCH3 is 1. The molecule has 0 spiro atoms. The Morgan fingerprint density at radius 1 is 1.28 bits per heavy atom. The normalized spacial score (nSPS) is 16.9. The predicted molar refractivity (Wildman–Crippen MR) is 130 cm³/mol. The summed E-state index contributed by atoms with van der Waals surface area (Å²) < 4.78 is 31.6. The number of phenolic OH excluding ortho intramolecular Hbond substituents is 1. The molecule has 32 heavy (non-hydrogen) atoms. The van der Waals surface area contributed by atoms with E-state index in [1.807, 2.05) is 0 Å². The van der Waals surface area contributed by atoms with Crippen LogP contribution in [-0.4, -0.2) is 49.9 Å². The molecule has 0 aliphatic carbocycles. The van der Waals surface area contributed by atoms with E-state index >= 15 is 0 Å². The van der Waals surface area contributed by atoms with Gasteiger partial charge >= 0.3 is 0 Å². The maximum absolute atomic E-state index is 13.2. The quantitative estimate of drug-likeness (QED) is 0.453. The molecule has 4 N–H and O–H groups in total. The number of ether oxygens (including phenoxy) is 1. The molecule has 0 radical (unpaired) electrons. The van der Waals surface area contributed by atoms with Gasteiger partial charge in [0.15, 0.2) is 10.9 Å². The van der Waals surface area contributed by atoms with E-state index in [2.05, 4.69) is 4.83 Å². The summed E-state index contributed by atoms with van der Waals surface area (Å²) >= 11 is 23.8. The van der Waals surface area contributed by atoms with Crippen LogP contribution in [0, 0.1) is 0 Å². The van der Waals surface area contributed by atoms with Crippen LogP contribution < -0.4 is 15.5 Å². The summed E-state index contributed by atoms with van der Waals surface area (Å²) in [6.45, 7) is 0.840. The molecule has 8 nitrogen and oxygen atoms in total. The molecule has 1 heterocycles. The van der Waals surface area contributed by atoms with Gasteiger partial charge in [0.25, 0.3) is 10.0 Å². The Kier molecular flexibility index (Phi) is 8.11. The highest BCUT2D eigenvalue weighted by Crippen LogP contribution is 2.44. The number of aromatic hydroxyl groups is 1. The number of nitrogens with zero attached hydrogens (tertiary/aromatic N) is 2. The smallest absolute Gasteiger partial charge is 0.258 e. The van der Waals surface area contributed by atoms with Crippen LogP contribution in [0.15, 0.2) is 35.2 Å². The first kappa shape index (κ1) is 25.3. The summed E-state index contributed by atoms with van der Waals surface area (Å²) in [5.41, 5.74) is 6.13. The van der Waals surface area contributed by atoms with E-state index in [1.165, 1.54) is 17.0 Å². The molecule has 0 amide bonds. The van der Waals surface area contributed by atoms with Gasteiger partial charge in [0.1, 0.15) is 4.90 Å². The number of sulfonamides is 1. The largest absolute Gasteiger partial charge is 0.504 e. The van der Waals surface area contributed by atoms with Crippen molar-refractivity contribution in [3.63, 3.8) is 0 Å². The fraction of sp³-hybridized carbons (Fsp3) is 0.316. The minimum absolute atomic E-state index is 0.0266. The Labute approximate surface area is 206 Å². The highest BCUT2D eigenvalue weighted by atomic mass is 35.5. The van der Waals surface area contributed by atoms with Crippen LogP contribution in [0.2, 0.25) is 15.1 Å². The third-order valence-electron chi connectivity index (χ3n) is 4.94. The molecule has 1 saturated heterocycles. The van der Waals surface area contributed by atoms with Gasteiger partial charge in [-0.25, -0.2) is 13.4 Å². The average molecular weight is 540 g/mol. The van der Waals surface area contributed by atoms with Crippen molar-refractivity contribution in [1.82, 2.24) is 9.84 Å². The summed E-state index contributed by atoms with van der Waals surface area (Å²) in [6, 6.07) is 7.33. The van der Waals surface area contributed by atoms with E-state index in [0.717, 1.165) is 12.8 Å². The van der Waals surface area contributed by atoms with Gasteiger partial charge in [-0.05, 0) is 49.3 Å². The minimum atomic E-state index is -4.27. The van der Waals surface area contributed by atoms with E-state index in [-0.39, 0.29) is 37.6 Å². The molecule has 1 fully saturated rings. The number of nitrogens with one attached hydrogen (secondary N) is 1. The first-order valence-corrected chi connectivity index (χ1v) is 12.4. The van der Waals surface area contributed by atoms with Crippen molar-refractivity contribution in [1.29, 1.82) is 0 Å². The molecule has 1 aliphatic rings. The summed E-state index contributed by atoms with van der Waals surface area (Å²) in [5, 5.41) is 12.5. The van der Waals surface area contributed by atoms with Crippen molar-refractivity contribution in [2.24, 2.45) is 5.73 Å². The molecule has 0 bridgehead atoms. The Bertz CT molecular complexity index is 1130. The Morgan fingerprint density at radius 3 is 2.66 bits per heavy atom. The number of rotatable bonds is 7. The van der Waals surface area contributed by atoms with Crippen molar-refractivity contribution in [3.05, 3.63) is 45.4 Å². The van der Waals surface area contributed by atoms with E-state index in [0.29, 0.717) is 13.2 Å². The summed E-state index contributed by atoms with van der Waals surface area (Å²) in [4.78, 5) is 3.20. The van der Waals surface area contributed by atoms with Crippen LogP contribution in [0.3, 0.4) is 0 Å². The number of hydrogen-bond acceptors (Lipinski definition) is 6. The number of hydrogen-bond donors (Lipinski definition) is 3. The van der Waals surface area contributed by atoms with Gasteiger partial charge in [-0.15, -0.1) is 4.83 Å². The number of anilines is 2. The fourth-order valence-corrected chi connectivity index (χ4v) is 5.88. The molecule has 1 atom stereocenters. The fourth-order valence-electron chi connectivity index (χ4n) is 3.53. The average Bonchev–Trinajstić information content (AvgIpc) is 3.13. The van der Waals surface area contributed by atoms with Gasteiger partial charge in [-0.3, -0.25) is 4.90 Å². The van der Waals surface area contributed by atoms with E-state index in [1.54, 1.807) is 30.3 Å².